The van der Waals surface area contributed by atoms with Crippen molar-refractivity contribution in [3.63, 3.8) is 0 Å². The van der Waals surface area contributed by atoms with E-state index in [1.54, 1.807) is 7.11 Å². The quantitative estimate of drug-likeness (QED) is 0.859. The van der Waals surface area contributed by atoms with E-state index in [4.69, 9.17) is 4.74 Å². The van der Waals surface area contributed by atoms with Crippen molar-refractivity contribution < 1.29 is 9.53 Å². The minimum absolute atomic E-state index is 0.132. The van der Waals surface area contributed by atoms with Gasteiger partial charge in [0.1, 0.15) is 5.75 Å². The molecule has 1 aromatic rings. The van der Waals surface area contributed by atoms with E-state index in [-0.39, 0.29) is 6.03 Å². The second-order valence-electron chi connectivity index (χ2n) is 6.84. The summed E-state index contributed by atoms with van der Waals surface area (Å²) in [7, 11) is 1.68. The van der Waals surface area contributed by atoms with Gasteiger partial charge in [0.2, 0.25) is 0 Å². The van der Waals surface area contributed by atoms with Crippen molar-refractivity contribution in [2.75, 3.05) is 20.2 Å². The largest absolute Gasteiger partial charge is 0.497 e. The van der Waals surface area contributed by atoms with Crippen molar-refractivity contribution in [3.8, 4) is 5.75 Å². The van der Waals surface area contributed by atoms with Crippen LogP contribution in [0, 0.1) is 0 Å². The van der Waals surface area contributed by atoms with Crippen LogP contribution in [0.1, 0.15) is 56.4 Å². The number of nitrogens with one attached hydrogen (secondary N) is 1. The maximum Gasteiger partial charge on any atom is 0.317 e. The number of rotatable bonds is 3. The highest BCUT2D eigenvalue weighted by atomic mass is 16.5. The molecular weight excluding hydrogens is 288 g/mol. The lowest BCUT2D eigenvalue weighted by Crippen LogP contribution is -2.43. The van der Waals surface area contributed by atoms with Crippen LogP contribution < -0.4 is 10.1 Å². The summed E-state index contributed by atoms with van der Waals surface area (Å²) in [6.45, 7) is 1.68. The number of ether oxygens (including phenoxy) is 1. The van der Waals surface area contributed by atoms with Crippen molar-refractivity contribution in [3.05, 3.63) is 29.8 Å². The lowest BCUT2D eigenvalue weighted by Gasteiger charge is -2.22. The number of amides is 2. The Morgan fingerprint density at radius 1 is 1.09 bits per heavy atom. The van der Waals surface area contributed by atoms with Crippen LogP contribution in [-0.2, 0) is 0 Å². The number of carbonyl (C=O) groups is 1. The number of benzene rings is 1. The molecule has 0 spiro atoms. The Bertz CT molecular complexity index is 507. The van der Waals surface area contributed by atoms with Crippen molar-refractivity contribution in [1.82, 2.24) is 10.2 Å². The molecule has 4 heteroatoms. The molecule has 3 rings (SSSR count). The maximum atomic E-state index is 12.5. The molecular formula is C19H28N2O2. The van der Waals surface area contributed by atoms with E-state index >= 15 is 0 Å². The van der Waals surface area contributed by atoms with Crippen LogP contribution in [0.15, 0.2) is 24.3 Å². The predicted octanol–water partition coefficient (Wildman–Crippen LogP) is 3.92. The normalized spacial score (nSPS) is 22.7. The standard InChI is InChI=1S/C19H28N2O2/c1-23-18-10-8-15(9-11-18)16-12-13-21(14-16)19(22)20-17-6-4-2-3-5-7-17/h8-11,16-17H,2-7,12-14H2,1H3,(H,20,22)/t16-/m1/s1. The van der Waals surface area contributed by atoms with E-state index in [1.165, 1.54) is 31.2 Å². The molecule has 0 radical (unpaired) electrons. The second kappa shape index (κ2) is 7.71. The molecule has 23 heavy (non-hydrogen) atoms. The smallest absolute Gasteiger partial charge is 0.317 e. The Kier molecular flexibility index (Phi) is 5.42. The van der Waals surface area contributed by atoms with E-state index in [9.17, 15) is 4.79 Å². The SMILES string of the molecule is COc1ccc([C@@H]2CCN(C(=O)NC3CCCCCC3)C2)cc1. The highest BCUT2D eigenvalue weighted by Crippen LogP contribution is 2.28. The van der Waals surface area contributed by atoms with Crippen molar-refractivity contribution in [1.29, 1.82) is 0 Å². The molecule has 0 aromatic heterocycles. The Hall–Kier alpha value is -1.71. The summed E-state index contributed by atoms with van der Waals surface area (Å²) in [6.07, 6.45) is 8.46. The lowest BCUT2D eigenvalue weighted by molar-refractivity contribution is 0.202. The van der Waals surface area contributed by atoms with Crippen LogP contribution in [0.5, 0.6) is 5.75 Å². The number of urea groups is 1. The zero-order valence-corrected chi connectivity index (χ0v) is 14.1. The van der Waals surface area contributed by atoms with Gasteiger partial charge in [-0.25, -0.2) is 4.79 Å². The molecule has 2 fully saturated rings. The lowest BCUT2D eigenvalue weighted by atomic mass is 9.98. The van der Waals surface area contributed by atoms with Gasteiger partial charge >= 0.3 is 6.03 Å². The summed E-state index contributed by atoms with van der Waals surface area (Å²) >= 11 is 0. The van der Waals surface area contributed by atoms with E-state index < -0.39 is 0 Å². The molecule has 1 atom stereocenters. The first kappa shape index (κ1) is 16.2. The van der Waals surface area contributed by atoms with Gasteiger partial charge in [-0.2, -0.15) is 0 Å². The highest BCUT2D eigenvalue weighted by Gasteiger charge is 2.28. The number of hydrogen-bond acceptors (Lipinski definition) is 2. The third-order valence-electron chi connectivity index (χ3n) is 5.25. The summed E-state index contributed by atoms with van der Waals surface area (Å²) < 4.78 is 5.21. The summed E-state index contributed by atoms with van der Waals surface area (Å²) in [5.74, 6) is 1.33. The minimum atomic E-state index is 0.132. The van der Waals surface area contributed by atoms with E-state index in [0.717, 1.165) is 38.1 Å². The molecule has 0 unspecified atom stereocenters. The number of carbonyl (C=O) groups excluding carboxylic acids is 1. The number of likely N-dealkylation sites (tertiary alicyclic amines) is 1. The first-order chi connectivity index (χ1) is 11.3. The van der Waals surface area contributed by atoms with E-state index in [0.29, 0.717) is 12.0 Å². The van der Waals surface area contributed by atoms with Gasteiger partial charge in [-0.3, -0.25) is 0 Å². The van der Waals surface area contributed by atoms with Crippen LogP contribution in [0.25, 0.3) is 0 Å². The van der Waals surface area contributed by atoms with Gasteiger partial charge < -0.3 is 15.0 Å². The van der Waals surface area contributed by atoms with Gasteiger partial charge in [0.05, 0.1) is 7.11 Å². The average molecular weight is 316 g/mol. The Morgan fingerprint density at radius 3 is 2.43 bits per heavy atom. The van der Waals surface area contributed by atoms with Crippen molar-refractivity contribution in [2.24, 2.45) is 0 Å². The van der Waals surface area contributed by atoms with Gasteiger partial charge in [0.25, 0.3) is 0 Å². The van der Waals surface area contributed by atoms with Crippen molar-refractivity contribution in [2.45, 2.75) is 56.9 Å². The molecule has 0 bridgehead atoms. The molecule has 1 N–H and O–H groups in total. The number of methoxy groups -OCH3 is 1. The molecule has 1 heterocycles. The van der Waals surface area contributed by atoms with Crippen LogP contribution in [0.3, 0.4) is 0 Å². The topological polar surface area (TPSA) is 41.6 Å². The fourth-order valence-corrected chi connectivity index (χ4v) is 3.78. The van der Waals surface area contributed by atoms with Gasteiger partial charge in [-0.15, -0.1) is 0 Å². The van der Waals surface area contributed by atoms with Crippen LogP contribution in [0.2, 0.25) is 0 Å². The molecule has 1 aliphatic heterocycles. The Morgan fingerprint density at radius 2 is 1.78 bits per heavy atom. The predicted molar refractivity (Wildman–Crippen MR) is 91.9 cm³/mol. The average Bonchev–Trinajstić information content (AvgIpc) is 2.94. The zero-order valence-electron chi connectivity index (χ0n) is 14.1. The molecule has 126 valence electrons. The third-order valence-corrected chi connectivity index (χ3v) is 5.25. The minimum Gasteiger partial charge on any atom is -0.497 e. The molecule has 1 saturated carbocycles. The summed E-state index contributed by atoms with van der Waals surface area (Å²) in [5.41, 5.74) is 1.30. The third kappa shape index (κ3) is 4.18. The van der Waals surface area contributed by atoms with Crippen LogP contribution >= 0.6 is 0 Å². The molecule has 1 saturated heterocycles. The molecule has 2 amide bonds. The monoisotopic (exact) mass is 316 g/mol. The number of nitrogens with zero attached hydrogens (tertiary/aromatic N) is 1. The van der Waals surface area contributed by atoms with Crippen molar-refractivity contribution >= 4 is 6.03 Å². The molecule has 2 aliphatic rings. The Labute approximate surface area is 139 Å². The zero-order chi connectivity index (χ0) is 16.1. The first-order valence-corrected chi connectivity index (χ1v) is 8.95. The Balaban J connectivity index is 1.52. The van der Waals surface area contributed by atoms with Crippen LogP contribution in [0.4, 0.5) is 4.79 Å². The fourth-order valence-electron chi connectivity index (χ4n) is 3.78. The summed E-state index contributed by atoms with van der Waals surface area (Å²) in [6, 6.07) is 8.76. The summed E-state index contributed by atoms with van der Waals surface area (Å²) in [4.78, 5) is 14.5. The maximum absolute atomic E-state index is 12.5. The van der Waals surface area contributed by atoms with E-state index in [2.05, 4.69) is 17.4 Å². The molecule has 4 nitrogen and oxygen atoms in total. The van der Waals surface area contributed by atoms with Crippen LogP contribution in [-0.4, -0.2) is 37.2 Å². The second-order valence-corrected chi connectivity index (χ2v) is 6.84. The number of hydrogen-bond donors (Lipinski definition) is 1. The first-order valence-electron chi connectivity index (χ1n) is 8.95. The fraction of sp³-hybridized carbons (Fsp3) is 0.632. The molecule has 1 aromatic carbocycles. The van der Waals surface area contributed by atoms with Gasteiger partial charge in [-0.05, 0) is 37.0 Å². The highest BCUT2D eigenvalue weighted by molar-refractivity contribution is 5.75. The van der Waals surface area contributed by atoms with Gasteiger partial charge in [-0.1, -0.05) is 37.8 Å². The van der Waals surface area contributed by atoms with E-state index in [1.807, 2.05) is 17.0 Å². The van der Waals surface area contributed by atoms with Gasteiger partial charge in [0, 0.05) is 25.0 Å². The van der Waals surface area contributed by atoms with Gasteiger partial charge in [0.15, 0.2) is 0 Å². The summed E-state index contributed by atoms with van der Waals surface area (Å²) in [5, 5.41) is 3.26. The molecule has 1 aliphatic carbocycles.